The largest absolute Gasteiger partial charge is 0.493 e. The van der Waals surface area contributed by atoms with Crippen LogP contribution in [0.15, 0.2) is 12.1 Å². The molecule has 2 rings (SSSR count). The lowest BCUT2D eigenvalue weighted by Gasteiger charge is -2.17. The number of ketones is 1. The van der Waals surface area contributed by atoms with E-state index in [1.54, 1.807) is 12.1 Å². The van der Waals surface area contributed by atoms with E-state index in [1.807, 2.05) is 6.92 Å². The lowest BCUT2D eigenvalue weighted by Crippen LogP contribution is -2.15. The predicted octanol–water partition coefficient (Wildman–Crippen LogP) is 3.11. The molecule has 1 aromatic carbocycles. The highest BCUT2D eigenvalue weighted by Crippen LogP contribution is 2.46. The van der Waals surface area contributed by atoms with Crippen LogP contribution in [-0.2, 0) is 6.54 Å². The molecule has 2 aromatic rings. The number of methoxy groups -OCH3 is 3. The van der Waals surface area contributed by atoms with Gasteiger partial charge in [-0.25, -0.2) is 4.79 Å². The zero-order valence-electron chi connectivity index (χ0n) is 16.8. The summed E-state index contributed by atoms with van der Waals surface area (Å²) >= 11 is 0. The minimum Gasteiger partial charge on any atom is -0.493 e. The maximum atomic E-state index is 12.4. The second-order valence-corrected chi connectivity index (χ2v) is 6.15. The normalized spacial score (nSPS) is 10.6. The highest BCUT2D eigenvalue weighted by molar-refractivity contribution is 6.10. The summed E-state index contributed by atoms with van der Waals surface area (Å²) in [7, 11) is 4.48. The summed E-state index contributed by atoms with van der Waals surface area (Å²) in [6.45, 7) is 4.49. The average Bonchev–Trinajstić information content (AvgIpc) is 3.06. The Balaban J connectivity index is 2.82. The van der Waals surface area contributed by atoms with E-state index in [9.17, 15) is 14.7 Å². The molecule has 0 amide bonds. The molecule has 0 radical (unpaired) electrons. The molecule has 0 bridgehead atoms. The maximum Gasteiger partial charge on any atom is 0.353 e. The Bertz CT molecular complexity index is 872. The number of aromatic carboxylic acids is 1. The van der Waals surface area contributed by atoms with Crippen molar-refractivity contribution in [1.82, 2.24) is 10.3 Å². The highest BCUT2D eigenvalue weighted by atomic mass is 16.5. The van der Waals surface area contributed by atoms with Gasteiger partial charge in [-0.15, -0.1) is 0 Å². The smallest absolute Gasteiger partial charge is 0.353 e. The summed E-state index contributed by atoms with van der Waals surface area (Å²) in [5, 5.41) is 12.8. The third-order valence-electron chi connectivity index (χ3n) is 4.35. The van der Waals surface area contributed by atoms with Crippen LogP contribution in [0.25, 0.3) is 11.1 Å². The number of H-pyrrole nitrogens is 1. The van der Waals surface area contributed by atoms with Crippen molar-refractivity contribution in [2.24, 2.45) is 0 Å². The lowest BCUT2D eigenvalue weighted by atomic mass is 9.96. The molecule has 1 heterocycles. The molecule has 0 aliphatic carbocycles. The first kappa shape index (κ1) is 21.3. The maximum absolute atomic E-state index is 12.4. The Morgan fingerprint density at radius 1 is 1.11 bits per heavy atom. The molecule has 1 aromatic heterocycles. The second-order valence-electron chi connectivity index (χ2n) is 6.15. The molecule has 0 fully saturated rings. The van der Waals surface area contributed by atoms with Crippen LogP contribution in [0.3, 0.4) is 0 Å². The summed E-state index contributed by atoms with van der Waals surface area (Å²) in [5.74, 6) is -0.374. The Morgan fingerprint density at radius 3 is 2.29 bits per heavy atom. The number of benzene rings is 1. The first-order valence-corrected chi connectivity index (χ1v) is 8.90. The van der Waals surface area contributed by atoms with Crippen LogP contribution >= 0.6 is 0 Å². The molecule has 8 nitrogen and oxygen atoms in total. The molecule has 0 saturated carbocycles. The molecule has 28 heavy (non-hydrogen) atoms. The molecule has 3 N–H and O–H groups in total. The number of rotatable bonds is 10. The van der Waals surface area contributed by atoms with Crippen molar-refractivity contribution in [3.63, 3.8) is 0 Å². The van der Waals surface area contributed by atoms with Gasteiger partial charge in [-0.05, 0) is 32.0 Å². The number of hydrogen-bond acceptors (Lipinski definition) is 6. The number of hydrogen-bond donors (Lipinski definition) is 3. The van der Waals surface area contributed by atoms with Gasteiger partial charge in [0.1, 0.15) is 5.69 Å². The molecular formula is C20H26N2O6. The van der Waals surface area contributed by atoms with Gasteiger partial charge in [-0.2, -0.15) is 0 Å². The average molecular weight is 390 g/mol. The number of nitrogens with one attached hydrogen (secondary N) is 2. The third-order valence-corrected chi connectivity index (χ3v) is 4.35. The van der Waals surface area contributed by atoms with Crippen LogP contribution in [0.1, 0.15) is 46.8 Å². The van der Waals surface area contributed by atoms with E-state index < -0.39 is 5.97 Å². The molecule has 0 unspecified atom stereocenters. The van der Waals surface area contributed by atoms with Gasteiger partial charge in [0.15, 0.2) is 17.3 Å². The number of carbonyl (C=O) groups excluding carboxylic acids is 1. The third kappa shape index (κ3) is 3.96. The summed E-state index contributed by atoms with van der Waals surface area (Å²) in [6.07, 6.45) is 0.918. The van der Waals surface area contributed by atoms with Crippen LogP contribution in [-0.4, -0.2) is 49.7 Å². The standard InChI is InChI=1S/C20H26N2O6/c1-6-9-21-10-13-16(15(11(2)23)17(22-13)20(24)25)12-7-8-14(26-3)19(28-5)18(12)27-4/h7-8,21-22H,6,9-10H2,1-5H3,(H,24,25). The summed E-state index contributed by atoms with van der Waals surface area (Å²) < 4.78 is 16.3. The van der Waals surface area contributed by atoms with Crippen LogP contribution < -0.4 is 19.5 Å². The van der Waals surface area contributed by atoms with Crippen molar-refractivity contribution in [3.8, 4) is 28.4 Å². The molecule has 0 spiro atoms. The molecule has 8 heteroatoms. The van der Waals surface area contributed by atoms with Crippen molar-refractivity contribution in [2.45, 2.75) is 26.8 Å². The van der Waals surface area contributed by atoms with Gasteiger partial charge in [0, 0.05) is 23.4 Å². The number of carboxylic acids is 1. The Morgan fingerprint density at radius 2 is 1.79 bits per heavy atom. The fourth-order valence-electron chi connectivity index (χ4n) is 3.18. The highest BCUT2D eigenvalue weighted by Gasteiger charge is 2.29. The zero-order valence-corrected chi connectivity index (χ0v) is 16.8. The monoisotopic (exact) mass is 390 g/mol. The quantitative estimate of drug-likeness (QED) is 0.422. The van der Waals surface area contributed by atoms with E-state index in [1.165, 1.54) is 28.3 Å². The number of aromatic nitrogens is 1. The van der Waals surface area contributed by atoms with Crippen molar-refractivity contribution in [3.05, 3.63) is 29.1 Å². The number of aromatic amines is 1. The van der Waals surface area contributed by atoms with Gasteiger partial charge in [0.2, 0.25) is 5.75 Å². The van der Waals surface area contributed by atoms with Gasteiger partial charge in [-0.3, -0.25) is 4.79 Å². The van der Waals surface area contributed by atoms with Crippen LogP contribution in [0.4, 0.5) is 0 Å². The van der Waals surface area contributed by atoms with Crippen LogP contribution in [0, 0.1) is 0 Å². The predicted molar refractivity (Wildman–Crippen MR) is 105 cm³/mol. The van der Waals surface area contributed by atoms with Crippen LogP contribution in [0.5, 0.6) is 17.2 Å². The van der Waals surface area contributed by atoms with E-state index in [-0.39, 0.29) is 17.0 Å². The van der Waals surface area contributed by atoms with Crippen molar-refractivity contribution >= 4 is 11.8 Å². The number of Topliss-reactive ketones (excluding diaryl/α,β-unsaturated/α-hetero) is 1. The van der Waals surface area contributed by atoms with E-state index >= 15 is 0 Å². The van der Waals surface area contributed by atoms with Gasteiger partial charge in [0.25, 0.3) is 0 Å². The molecule has 0 saturated heterocycles. The van der Waals surface area contributed by atoms with Gasteiger partial charge < -0.3 is 29.6 Å². The summed E-state index contributed by atoms with van der Waals surface area (Å²) in [5.41, 5.74) is 1.56. The molecule has 0 aliphatic rings. The van der Waals surface area contributed by atoms with Crippen LogP contribution in [0.2, 0.25) is 0 Å². The van der Waals surface area contributed by atoms with Crippen molar-refractivity contribution < 1.29 is 28.9 Å². The molecule has 0 atom stereocenters. The van der Waals surface area contributed by atoms with E-state index in [2.05, 4.69) is 10.3 Å². The fourth-order valence-corrected chi connectivity index (χ4v) is 3.18. The van der Waals surface area contributed by atoms with Crippen molar-refractivity contribution in [1.29, 1.82) is 0 Å². The summed E-state index contributed by atoms with van der Waals surface area (Å²) in [4.78, 5) is 27.0. The number of ether oxygens (including phenoxy) is 3. The van der Waals surface area contributed by atoms with E-state index in [0.29, 0.717) is 40.6 Å². The molecule has 152 valence electrons. The summed E-state index contributed by atoms with van der Waals surface area (Å²) in [6, 6.07) is 3.42. The number of carbonyl (C=O) groups is 2. The first-order valence-electron chi connectivity index (χ1n) is 8.90. The topological polar surface area (TPSA) is 110 Å². The molecule has 0 aliphatic heterocycles. The Kier molecular flexibility index (Phi) is 7.06. The number of carboxylic acid groups (broad SMARTS) is 1. The first-order chi connectivity index (χ1) is 13.4. The van der Waals surface area contributed by atoms with E-state index in [4.69, 9.17) is 14.2 Å². The minimum absolute atomic E-state index is 0.103. The minimum atomic E-state index is -1.20. The van der Waals surface area contributed by atoms with Gasteiger partial charge in [0.05, 0.1) is 26.9 Å². The molecular weight excluding hydrogens is 364 g/mol. The van der Waals surface area contributed by atoms with E-state index in [0.717, 1.165) is 13.0 Å². The second kappa shape index (κ2) is 9.27. The Hall–Kier alpha value is -3.00. The van der Waals surface area contributed by atoms with Gasteiger partial charge in [-0.1, -0.05) is 6.92 Å². The van der Waals surface area contributed by atoms with Crippen molar-refractivity contribution in [2.75, 3.05) is 27.9 Å². The lowest BCUT2D eigenvalue weighted by molar-refractivity contribution is 0.0686. The SMILES string of the molecule is CCCNCc1[nH]c(C(=O)O)c(C(C)=O)c1-c1ccc(OC)c(OC)c1OC. The fraction of sp³-hybridized carbons (Fsp3) is 0.400. The zero-order chi connectivity index (χ0) is 20.8. The Labute approximate surface area is 163 Å². The van der Waals surface area contributed by atoms with Gasteiger partial charge >= 0.3 is 5.97 Å².